The van der Waals surface area contributed by atoms with Gasteiger partial charge in [0, 0.05) is 12.6 Å². The smallest absolute Gasteiger partial charge is 0.0121 e. The van der Waals surface area contributed by atoms with Gasteiger partial charge in [0.2, 0.25) is 0 Å². The lowest BCUT2D eigenvalue weighted by Crippen LogP contribution is -2.31. The van der Waals surface area contributed by atoms with Crippen molar-refractivity contribution < 1.29 is 0 Å². The lowest BCUT2D eigenvalue weighted by atomic mass is 9.93. The molecule has 11 heavy (non-hydrogen) atoms. The summed E-state index contributed by atoms with van der Waals surface area (Å²) < 4.78 is 0. The van der Waals surface area contributed by atoms with Gasteiger partial charge in [0.25, 0.3) is 0 Å². The molecule has 3 atom stereocenters. The Kier molecular flexibility index (Phi) is 2.94. The van der Waals surface area contributed by atoms with Crippen LogP contribution < -0.4 is 0 Å². The normalized spacial score (nSPS) is 39.8. The Balaban J connectivity index is 2.57. The van der Waals surface area contributed by atoms with Crippen LogP contribution in [0.25, 0.3) is 0 Å². The van der Waals surface area contributed by atoms with Gasteiger partial charge >= 0.3 is 0 Å². The van der Waals surface area contributed by atoms with Crippen molar-refractivity contribution in [2.45, 2.75) is 40.2 Å². The predicted octanol–water partition coefficient (Wildman–Crippen LogP) is 2.37. The second kappa shape index (κ2) is 3.57. The molecule has 1 aliphatic heterocycles. The number of nitrogens with zero attached hydrogens (tertiary/aromatic N) is 1. The predicted molar refractivity (Wildman–Crippen MR) is 49.7 cm³/mol. The largest absolute Gasteiger partial charge is 0.300 e. The monoisotopic (exact) mass is 155 g/mol. The van der Waals surface area contributed by atoms with Crippen LogP contribution in [0, 0.1) is 11.8 Å². The average molecular weight is 155 g/mol. The first-order valence-corrected chi connectivity index (χ1v) is 4.94. The fourth-order valence-corrected chi connectivity index (χ4v) is 2.38. The molecule has 0 aliphatic carbocycles. The first kappa shape index (κ1) is 9.05. The van der Waals surface area contributed by atoms with Gasteiger partial charge in [-0.15, -0.1) is 0 Å². The third-order valence-electron chi connectivity index (χ3n) is 3.32. The van der Waals surface area contributed by atoms with Crippen LogP contribution in [0.3, 0.4) is 0 Å². The molecule has 0 bridgehead atoms. The summed E-state index contributed by atoms with van der Waals surface area (Å²) in [6, 6.07) is 0.856. The zero-order chi connectivity index (χ0) is 8.43. The van der Waals surface area contributed by atoms with E-state index in [1.54, 1.807) is 0 Å². The number of likely N-dealkylation sites (tertiary alicyclic amines) is 1. The van der Waals surface area contributed by atoms with Crippen molar-refractivity contribution in [3.8, 4) is 0 Å². The lowest BCUT2D eigenvalue weighted by Gasteiger charge is -2.23. The highest BCUT2D eigenvalue weighted by atomic mass is 15.2. The van der Waals surface area contributed by atoms with E-state index in [2.05, 4.69) is 32.6 Å². The molecule has 1 rings (SSSR count). The van der Waals surface area contributed by atoms with Crippen LogP contribution in [0.1, 0.15) is 34.1 Å². The van der Waals surface area contributed by atoms with Crippen molar-refractivity contribution in [3.63, 3.8) is 0 Å². The maximum Gasteiger partial charge on any atom is 0.0121 e. The van der Waals surface area contributed by atoms with E-state index in [4.69, 9.17) is 0 Å². The van der Waals surface area contributed by atoms with Gasteiger partial charge in [-0.05, 0) is 24.8 Å². The summed E-state index contributed by atoms with van der Waals surface area (Å²) in [6.07, 6.45) is 1.32. The van der Waals surface area contributed by atoms with Crippen LogP contribution in [0.4, 0.5) is 0 Å². The average Bonchev–Trinajstić information content (AvgIpc) is 2.28. The Morgan fingerprint density at radius 3 is 2.27 bits per heavy atom. The fraction of sp³-hybridized carbons (Fsp3) is 1.00. The zero-order valence-electron chi connectivity index (χ0n) is 8.30. The third kappa shape index (κ3) is 1.58. The van der Waals surface area contributed by atoms with Crippen molar-refractivity contribution in [1.82, 2.24) is 4.90 Å². The van der Waals surface area contributed by atoms with E-state index < -0.39 is 0 Å². The molecule has 1 heteroatoms. The molecule has 1 nitrogen and oxygen atoms in total. The Hall–Kier alpha value is -0.0400. The zero-order valence-corrected chi connectivity index (χ0v) is 8.30. The first-order chi connectivity index (χ1) is 5.20. The molecule has 1 fully saturated rings. The summed E-state index contributed by atoms with van der Waals surface area (Å²) in [5, 5.41) is 0. The van der Waals surface area contributed by atoms with Crippen molar-refractivity contribution in [2.75, 3.05) is 13.1 Å². The van der Waals surface area contributed by atoms with E-state index in [1.165, 1.54) is 19.5 Å². The molecule has 1 aliphatic rings. The molecule has 0 N–H and O–H groups in total. The highest BCUT2D eigenvalue weighted by molar-refractivity contribution is 4.87. The molecule has 1 saturated heterocycles. The topological polar surface area (TPSA) is 3.24 Å². The van der Waals surface area contributed by atoms with Crippen LogP contribution in [0.2, 0.25) is 0 Å². The van der Waals surface area contributed by atoms with Crippen LogP contribution in [0.15, 0.2) is 0 Å². The Labute approximate surface area is 70.8 Å². The fourth-order valence-electron chi connectivity index (χ4n) is 2.38. The molecule has 0 aromatic rings. The minimum atomic E-state index is 0.856. The summed E-state index contributed by atoms with van der Waals surface area (Å²) >= 11 is 0. The van der Waals surface area contributed by atoms with Crippen LogP contribution >= 0.6 is 0 Å². The van der Waals surface area contributed by atoms with Gasteiger partial charge < -0.3 is 4.90 Å². The van der Waals surface area contributed by atoms with Crippen LogP contribution in [-0.2, 0) is 0 Å². The second-order valence-electron chi connectivity index (χ2n) is 3.90. The molecule has 0 aromatic heterocycles. The van der Waals surface area contributed by atoms with Gasteiger partial charge in [0.15, 0.2) is 0 Å². The minimum Gasteiger partial charge on any atom is -0.300 e. The van der Waals surface area contributed by atoms with Gasteiger partial charge in [0.05, 0.1) is 0 Å². The molecule has 66 valence electrons. The van der Waals surface area contributed by atoms with E-state index in [1.807, 2.05) is 0 Å². The standard InChI is InChI=1S/C10H21N/c1-5-10-9(4)8(3)7-11(10)6-2/h8-10H,5-7H2,1-4H3. The summed E-state index contributed by atoms with van der Waals surface area (Å²) in [5.41, 5.74) is 0. The SMILES string of the molecule is CCC1C(C)C(C)CN1CC. The van der Waals surface area contributed by atoms with Crippen molar-refractivity contribution in [3.05, 3.63) is 0 Å². The number of hydrogen-bond acceptors (Lipinski definition) is 1. The quantitative estimate of drug-likeness (QED) is 0.592. The number of rotatable bonds is 2. The molecule has 0 spiro atoms. The van der Waals surface area contributed by atoms with E-state index in [-0.39, 0.29) is 0 Å². The first-order valence-electron chi connectivity index (χ1n) is 4.94. The summed E-state index contributed by atoms with van der Waals surface area (Å²) in [5.74, 6) is 1.81. The summed E-state index contributed by atoms with van der Waals surface area (Å²) in [7, 11) is 0. The molecular formula is C10H21N. The van der Waals surface area contributed by atoms with Crippen molar-refractivity contribution in [1.29, 1.82) is 0 Å². The van der Waals surface area contributed by atoms with Gasteiger partial charge in [-0.2, -0.15) is 0 Å². The Bertz CT molecular complexity index is 122. The molecule has 0 saturated carbocycles. The maximum absolute atomic E-state index is 2.62. The van der Waals surface area contributed by atoms with Gasteiger partial charge in [-0.25, -0.2) is 0 Å². The van der Waals surface area contributed by atoms with Crippen LogP contribution in [0.5, 0.6) is 0 Å². The molecule has 0 amide bonds. The van der Waals surface area contributed by atoms with Gasteiger partial charge in [-0.1, -0.05) is 27.7 Å². The Morgan fingerprint density at radius 1 is 1.27 bits per heavy atom. The van der Waals surface area contributed by atoms with Gasteiger partial charge in [-0.3, -0.25) is 0 Å². The lowest BCUT2D eigenvalue weighted by molar-refractivity contribution is 0.236. The maximum atomic E-state index is 2.62. The molecular weight excluding hydrogens is 134 g/mol. The van der Waals surface area contributed by atoms with Crippen molar-refractivity contribution in [2.24, 2.45) is 11.8 Å². The molecule has 1 heterocycles. The summed E-state index contributed by atoms with van der Waals surface area (Å²) in [4.78, 5) is 2.62. The highest BCUT2D eigenvalue weighted by Crippen LogP contribution is 2.30. The second-order valence-corrected chi connectivity index (χ2v) is 3.90. The minimum absolute atomic E-state index is 0.856. The molecule has 0 radical (unpaired) electrons. The summed E-state index contributed by atoms with van der Waals surface area (Å²) in [6.45, 7) is 11.9. The molecule has 3 unspecified atom stereocenters. The van der Waals surface area contributed by atoms with E-state index in [9.17, 15) is 0 Å². The van der Waals surface area contributed by atoms with E-state index in [0.29, 0.717) is 0 Å². The highest BCUT2D eigenvalue weighted by Gasteiger charge is 2.33. The molecule has 0 aromatic carbocycles. The van der Waals surface area contributed by atoms with E-state index >= 15 is 0 Å². The Morgan fingerprint density at radius 2 is 1.91 bits per heavy atom. The third-order valence-corrected chi connectivity index (χ3v) is 3.32. The number of hydrogen-bond donors (Lipinski definition) is 0. The van der Waals surface area contributed by atoms with Crippen molar-refractivity contribution >= 4 is 0 Å². The van der Waals surface area contributed by atoms with Crippen LogP contribution in [-0.4, -0.2) is 24.0 Å². The van der Waals surface area contributed by atoms with E-state index in [0.717, 1.165) is 17.9 Å². The van der Waals surface area contributed by atoms with Gasteiger partial charge in [0.1, 0.15) is 0 Å².